The highest BCUT2D eigenvalue weighted by Crippen LogP contribution is 2.31. The van der Waals surface area contributed by atoms with E-state index in [1.165, 1.54) is 18.2 Å². The van der Waals surface area contributed by atoms with Crippen molar-refractivity contribution in [2.45, 2.75) is 11.3 Å². The lowest BCUT2D eigenvalue weighted by Crippen LogP contribution is -2.05. The zero-order chi connectivity index (χ0) is 18.0. The van der Waals surface area contributed by atoms with Crippen molar-refractivity contribution in [1.29, 1.82) is 0 Å². The standard InChI is InChI=1S/C15H7Cl2F5OS/c16-7-2-1-6(5-8(7)17)9(23)3-4-24-15-13(21)11(19)10(18)12(20)14(15)22/h1-2,5H,3-4H2. The quantitative estimate of drug-likeness (QED) is 0.199. The molecule has 0 N–H and O–H groups in total. The van der Waals surface area contributed by atoms with Gasteiger partial charge in [-0.2, -0.15) is 0 Å². The van der Waals surface area contributed by atoms with Gasteiger partial charge in [-0.15, -0.1) is 11.8 Å². The number of hydrogen-bond donors (Lipinski definition) is 0. The Kier molecular flexibility index (Phi) is 6.11. The van der Waals surface area contributed by atoms with Crippen LogP contribution in [0.1, 0.15) is 16.8 Å². The van der Waals surface area contributed by atoms with E-state index in [0.29, 0.717) is 11.8 Å². The zero-order valence-electron chi connectivity index (χ0n) is 11.6. The van der Waals surface area contributed by atoms with Crippen molar-refractivity contribution in [3.63, 3.8) is 0 Å². The fourth-order valence-corrected chi connectivity index (χ4v) is 2.99. The highest BCUT2D eigenvalue weighted by molar-refractivity contribution is 7.99. The molecule has 128 valence electrons. The summed E-state index contributed by atoms with van der Waals surface area (Å²) in [6.45, 7) is 0. The molecule has 0 radical (unpaired) electrons. The van der Waals surface area contributed by atoms with Crippen molar-refractivity contribution in [2.75, 3.05) is 5.75 Å². The lowest BCUT2D eigenvalue weighted by molar-refractivity contribution is 0.0989. The molecule has 0 saturated heterocycles. The molecule has 0 saturated carbocycles. The van der Waals surface area contributed by atoms with Gasteiger partial charge in [0.05, 0.1) is 14.9 Å². The number of rotatable bonds is 5. The first-order valence-electron chi connectivity index (χ1n) is 6.36. The molecule has 0 bridgehead atoms. The number of benzene rings is 2. The van der Waals surface area contributed by atoms with E-state index in [2.05, 4.69) is 0 Å². The van der Waals surface area contributed by atoms with E-state index in [1.807, 2.05) is 0 Å². The minimum absolute atomic E-state index is 0.162. The maximum Gasteiger partial charge on any atom is 0.200 e. The van der Waals surface area contributed by atoms with Crippen LogP contribution >= 0.6 is 35.0 Å². The smallest absolute Gasteiger partial charge is 0.200 e. The van der Waals surface area contributed by atoms with Crippen molar-refractivity contribution in [1.82, 2.24) is 0 Å². The first-order chi connectivity index (χ1) is 11.2. The molecule has 2 rings (SSSR count). The van der Waals surface area contributed by atoms with Gasteiger partial charge < -0.3 is 0 Å². The average molecular weight is 401 g/mol. The number of carbonyl (C=O) groups is 1. The van der Waals surface area contributed by atoms with Gasteiger partial charge in [-0.25, -0.2) is 22.0 Å². The SMILES string of the molecule is O=C(CCSc1c(F)c(F)c(F)c(F)c1F)c1ccc(Cl)c(Cl)c1. The lowest BCUT2D eigenvalue weighted by Gasteiger charge is -2.08. The molecule has 0 spiro atoms. The molecular formula is C15H7Cl2F5OS. The summed E-state index contributed by atoms with van der Waals surface area (Å²) in [6.07, 6.45) is -0.192. The Bertz CT molecular complexity index is 784. The molecule has 0 unspecified atom stereocenters. The second-order valence-electron chi connectivity index (χ2n) is 4.55. The minimum atomic E-state index is -2.22. The number of ketones is 1. The van der Waals surface area contributed by atoms with Crippen molar-refractivity contribution in [3.05, 3.63) is 62.9 Å². The van der Waals surface area contributed by atoms with Crippen LogP contribution in [-0.2, 0) is 0 Å². The first kappa shape index (κ1) is 19.0. The Labute approximate surface area is 147 Å². The van der Waals surface area contributed by atoms with E-state index >= 15 is 0 Å². The number of Topliss-reactive ketones (excluding diaryl/α,β-unsaturated/α-hetero) is 1. The van der Waals surface area contributed by atoms with Crippen LogP contribution in [0, 0.1) is 29.1 Å². The highest BCUT2D eigenvalue weighted by Gasteiger charge is 2.26. The highest BCUT2D eigenvalue weighted by atomic mass is 35.5. The van der Waals surface area contributed by atoms with Gasteiger partial charge in [0.2, 0.25) is 5.82 Å². The van der Waals surface area contributed by atoms with E-state index in [-0.39, 0.29) is 27.8 Å². The number of carbonyl (C=O) groups excluding carboxylic acids is 1. The Morgan fingerprint density at radius 3 is 1.96 bits per heavy atom. The van der Waals surface area contributed by atoms with Gasteiger partial charge in [0.25, 0.3) is 0 Å². The molecule has 0 amide bonds. The molecule has 24 heavy (non-hydrogen) atoms. The summed E-state index contributed by atoms with van der Waals surface area (Å²) in [7, 11) is 0. The van der Waals surface area contributed by atoms with Gasteiger partial charge in [0.1, 0.15) is 0 Å². The Morgan fingerprint density at radius 2 is 1.42 bits per heavy atom. The summed E-state index contributed by atoms with van der Waals surface area (Å²) in [5, 5.41) is 0.416. The van der Waals surface area contributed by atoms with Gasteiger partial charge in [-0.1, -0.05) is 23.2 Å². The molecule has 0 fully saturated rings. The summed E-state index contributed by atoms with van der Waals surface area (Å²) in [4.78, 5) is 10.9. The topological polar surface area (TPSA) is 17.1 Å². The molecule has 0 atom stereocenters. The molecule has 9 heteroatoms. The Hall–Kier alpha value is -1.31. The van der Waals surface area contributed by atoms with Gasteiger partial charge in [-0.3, -0.25) is 4.79 Å². The molecule has 0 aliphatic carbocycles. The van der Waals surface area contributed by atoms with E-state index in [0.717, 1.165) is 0 Å². The Balaban J connectivity index is 2.09. The largest absolute Gasteiger partial charge is 0.294 e. The molecule has 0 aliphatic heterocycles. The zero-order valence-corrected chi connectivity index (χ0v) is 13.9. The fraction of sp³-hybridized carbons (Fsp3) is 0.133. The normalized spacial score (nSPS) is 11.0. The predicted molar refractivity (Wildman–Crippen MR) is 82.4 cm³/mol. The molecule has 0 heterocycles. The van der Waals surface area contributed by atoms with Crippen LogP contribution in [-0.4, -0.2) is 11.5 Å². The van der Waals surface area contributed by atoms with Crippen LogP contribution < -0.4 is 0 Å². The second kappa shape index (κ2) is 7.72. The van der Waals surface area contributed by atoms with Crippen LogP contribution in [0.5, 0.6) is 0 Å². The number of thioether (sulfide) groups is 1. The van der Waals surface area contributed by atoms with Crippen LogP contribution in [0.2, 0.25) is 10.0 Å². The van der Waals surface area contributed by atoms with E-state index < -0.39 is 39.8 Å². The van der Waals surface area contributed by atoms with Crippen molar-refractivity contribution in [2.24, 2.45) is 0 Å². The van der Waals surface area contributed by atoms with E-state index in [1.54, 1.807) is 0 Å². The minimum Gasteiger partial charge on any atom is -0.294 e. The lowest BCUT2D eigenvalue weighted by atomic mass is 10.1. The predicted octanol–water partition coefficient (Wildman–Crippen LogP) is 6.05. The fourth-order valence-electron chi connectivity index (χ4n) is 1.77. The third-order valence-corrected chi connectivity index (χ3v) is 4.78. The van der Waals surface area contributed by atoms with Crippen molar-refractivity contribution in [3.8, 4) is 0 Å². The van der Waals surface area contributed by atoms with Crippen molar-refractivity contribution >= 4 is 40.7 Å². The molecule has 2 aromatic carbocycles. The van der Waals surface area contributed by atoms with Crippen LogP contribution in [0.4, 0.5) is 22.0 Å². The van der Waals surface area contributed by atoms with E-state index in [4.69, 9.17) is 23.2 Å². The maximum absolute atomic E-state index is 13.5. The second-order valence-corrected chi connectivity index (χ2v) is 6.47. The summed E-state index contributed by atoms with van der Waals surface area (Å²) in [6, 6.07) is 4.16. The molecule has 0 aromatic heterocycles. The monoisotopic (exact) mass is 400 g/mol. The van der Waals surface area contributed by atoms with Crippen LogP contribution in [0.15, 0.2) is 23.1 Å². The molecule has 0 aliphatic rings. The van der Waals surface area contributed by atoms with Crippen LogP contribution in [0.25, 0.3) is 0 Å². The van der Waals surface area contributed by atoms with E-state index in [9.17, 15) is 26.7 Å². The summed E-state index contributed by atoms with van der Waals surface area (Å²) in [5.74, 6) is -10.7. The maximum atomic E-state index is 13.5. The first-order valence-corrected chi connectivity index (χ1v) is 8.10. The molecular weight excluding hydrogens is 394 g/mol. The van der Waals surface area contributed by atoms with Crippen LogP contribution in [0.3, 0.4) is 0 Å². The molecule has 2 aromatic rings. The molecule has 1 nitrogen and oxygen atoms in total. The number of hydrogen-bond acceptors (Lipinski definition) is 2. The van der Waals surface area contributed by atoms with Crippen molar-refractivity contribution < 1.29 is 26.7 Å². The van der Waals surface area contributed by atoms with Gasteiger partial charge in [0, 0.05) is 17.7 Å². The average Bonchev–Trinajstić information content (AvgIpc) is 2.56. The Morgan fingerprint density at radius 1 is 0.875 bits per heavy atom. The van der Waals surface area contributed by atoms with Gasteiger partial charge in [-0.05, 0) is 18.2 Å². The third-order valence-electron chi connectivity index (χ3n) is 2.99. The summed E-state index contributed by atoms with van der Waals surface area (Å²) < 4.78 is 66.0. The summed E-state index contributed by atoms with van der Waals surface area (Å²) in [5.41, 5.74) is 0.224. The van der Waals surface area contributed by atoms with Gasteiger partial charge >= 0.3 is 0 Å². The summed E-state index contributed by atoms with van der Waals surface area (Å²) >= 11 is 11.9. The number of halogens is 7. The van der Waals surface area contributed by atoms with Gasteiger partial charge in [0.15, 0.2) is 29.1 Å². The third kappa shape index (κ3) is 3.84.